The summed E-state index contributed by atoms with van der Waals surface area (Å²) in [5.74, 6) is -0.933. The first kappa shape index (κ1) is 34.0. The van der Waals surface area contributed by atoms with Gasteiger partial charge in [0.2, 0.25) is 5.91 Å². The molecule has 3 N–H and O–H groups in total. The summed E-state index contributed by atoms with van der Waals surface area (Å²) in [4.78, 5) is 25.3. The van der Waals surface area contributed by atoms with Gasteiger partial charge in [-0.3, -0.25) is 14.5 Å². The second-order valence-corrected chi connectivity index (χ2v) is 12.1. The summed E-state index contributed by atoms with van der Waals surface area (Å²) in [6.45, 7) is 2.67. The Bertz CT molecular complexity index is 1490. The fraction of sp³-hybridized carbons (Fsp3) is 0.333. The maximum Gasteiger partial charge on any atom is 0.303 e. The summed E-state index contributed by atoms with van der Waals surface area (Å²) < 4.78 is 13.2. The lowest BCUT2D eigenvalue weighted by Crippen LogP contribution is -2.39. The molecule has 0 spiro atoms. The van der Waals surface area contributed by atoms with Crippen LogP contribution in [0.3, 0.4) is 0 Å². The van der Waals surface area contributed by atoms with Gasteiger partial charge in [-0.05, 0) is 40.7 Å². The van der Waals surface area contributed by atoms with Gasteiger partial charge in [0.05, 0.1) is 18.8 Å². The molecule has 1 fully saturated rings. The molecule has 3 unspecified atom stereocenters. The number of carbonyl (C=O) groups excluding carboxylic acids is 1. The number of hydrogen-bond acceptors (Lipinski definition) is 6. The Morgan fingerprint density at radius 1 is 0.702 bits per heavy atom. The fourth-order valence-electron chi connectivity index (χ4n) is 5.83. The van der Waals surface area contributed by atoms with Gasteiger partial charge in [0.25, 0.3) is 0 Å². The third-order valence-corrected chi connectivity index (χ3v) is 8.36. The van der Waals surface area contributed by atoms with Crippen molar-refractivity contribution in [1.29, 1.82) is 0 Å². The van der Waals surface area contributed by atoms with Gasteiger partial charge in [0, 0.05) is 51.0 Å². The van der Waals surface area contributed by atoms with Gasteiger partial charge in [-0.2, -0.15) is 0 Å². The SMILES string of the molecule is O=C(O)CCCCC(=O)NCc1ccc(C2OC(CN(Cc3ccccc3)Cc3ccccc3)CC(c3ccc(CO)cc3)O2)cc1. The Labute approximate surface area is 277 Å². The summed E-state index contributed by atoms with van der Waals surface area (Å²) >= 11 is 0. The van der Waals surface area contributed by atoms with Crippen molar-refractivity contribution in [3.63, 3.8) is 0 Å². The molecule has 47 heavy (non-hydrogen) atoms. The number of aliphatic hydroxyl groups is 1. The van der Waals surface area contributed by atoms with Crippen LogP contribution >= 0.6 is 0 Å². The van der Waals surface area contributed by atoms with Gasteiger partial charge in [0.15, 0.2) is 6.29 Å². The summed E-state index contributed by atoms with van der Waals surface area (Å²) in [7, 11) is 0. The van der Waals surface area contributed by atoms with Crippen molar-refractivity contribution in [3.05, 3.63) is 143 Å². The summed E-state index contributed by atoms with van der Waals surface area (Å²) in [5, 5.41) is 21.3. The topological polar surface area (TPSA) is 108 Å². The number of carbonyl (C=O) groups is 2. The third kappa shape index (κ3) is 10.9. The highest BCUT2D eigenvalue weighted by atomic mass is 16.7. The lowest BCUT2D eigenvalue weighted by Gasteiger charge is -2.38. The number of unbranched alkanes of at least 4 members (excludes halogenated alkanes) is 1. The molecule has 8 nitrogen and oxygen atoms in total. The Morgan fingerprint density at radius 3 is 1.87 bits per heavy atom. The highest BCUT2D eigenvalue weighted by molar-refractivity contribution is 5.75. The first-order chi connectivity index (χ1) is 22.9. The van der Waals surface area contributed by atoms with E-state index in [1.54, 1.807) is 0 Å². The molecule has 3 atom stereocenters. The smallest absolute Gasteiger partial charge is 0.303 e. The molecular weight excluding hydrogens is 592 g/mol. The standard InChI is InChI=1S/C39H44N2O6/c42-28-32-17-19-33(20-18-32)36-23-35(27-41(25-30-9-3-1-4-10-30)26-31-11-5-2-6-12-31)46-39(47-36)34-21-15-29(16-22-34)24-40-37(43)13-7-8-14-38(44)45/h1-6,9-12,15-22,35-36,39,42H,7-8,13-14,23-28H2,(H,40,43)(H,44,45). The van der Waals surface area contributed by atoms with E-state index in [4.69, 9.17) is 14.6 Å². The van der Waals surface area contributed by atoms with E-state index < -0.39 is 12.3 Å². The zero-order valence-corrected chi connectivity index (χ0v) is 26.7. The van der Waals surface area contributed by atoms with E-state index in [1.807, 2.05) is 60.7 Å². The number of rotatable bonds is 16. The molecule has 1 saturated heterocycles. The maximum atomic E-state index is 12.2. The van der Waals surface area contributed by atoms with E-state index in [9.17, 15) is 14.7 Å². The molecule has 0 aliphatic carbocycles. The number of nitrogens with zero attached hydrogens (tertiary/aromatic N) is 1. The summed E-state index contributed by atoms with van der Waals surface area (Å²) in [6.07, 6.45) is 1.23. The largest absolute Gasteiger partial charge is 0.481 e. The zero-order valence-electron chi connectivity index (χ0n) is 26.7. The highest BCUT2D eigenvalue weighted by Gasteiger charge is 2.33. The Kier molecular flexibility index (Phi) is 12.7. The van der Waals surface area contributed by atoms with E-state index in [2.05, 4.69) is 58.7 Å². The summed E-state index contributed by atoms with van der Waals surface area (Å²) in [6, 6.07) is 36.8. The third-order valence-electron chi connectivity index (χ3n) is 8.36. The number of hydrogen-bond donors (Lipinski definition) is 3. The van der Waals surface area contributed by atoms with Crippen LogP contribution in [-0.4, -0.2) is 39.6 Å². The summed E-state index contributed by atoms with van der Waals surface area (Å²) in [5.41, 5.74) is 6.23. The average Bonchev–Trinajstić information content (AvgIpc) is 3.10. The lowest BCUT2D eigenvalue weighted by molar-refractivity contribution is -0.253. The number of carboxylic acid groups (broad SMARTS) is 1. The second-order valence-electron chi connectivity index (χ2n) is 12.1. The van der Waals surface area contributed by atoms with Crippen LogP contribution in [0.25, 0.3) is 0 Å². The quantitative estimate of drug-likeness (QED) is 0.118. The van der Waals surface area contributed by atoms with Gasteiger partial charge in [0.1, 0.15) is 0 Å². The van der Waals surface area contributed by atoms with Crippen molar-refractivity contribution in [2.45, 2.75) is 76.8 Å². The van der Waals surface area contributed by atoms with Crippen molar-refractivity contribution in [1.82, 2.24) is 10.2 Å². The number of nitrogens with one attached hydrogen (secondary N) is 1. The predicted molar refractivity (Wildman–Crippen MR) is 180 cm³/mol. The number of aliphatic hydroxyl groups excluding tert-OH is 1. The van der Waals surface area contributed by atoms with E-state index in [0.29, 0.717) is 38.8 Å². The molecule has 1 amide bonds. The fourth-order valence-corrected chi connectivity index (χ4v) is 5.83. The van der Waals surface area contributed by atoms with Gasteiger partial charge >= 0.3 is 5.97 Å². The molecular formula is C39H44N2O6. The van der Waals surface area contributed by atoms with Crippen molar-refractivity contribution in [2.75, 3.05) is 6.54 Å². The molecule has 4 aromatic carbocycles. The second kappa shape index (κ2) is 17.5. The van der Waals surface area contributed by atoms with Crippen LogP contribution < -0.4 is 5.32 Å². The van der Waals surface area contributed by atoms with Crippen LogP contribution in [0.5, 0.6) is 0 Å². The Balaban J connectivity index is 1.28. The molecule has 1 aliphatic rings. The van der Waals surface area contributed by atoms with E-state index in [-0.39, 0.29) is 31.1 Å². The number of ether oxygens (including phenoxy) is 2. The highest BCUT2D eigenvalue weighted by Crippen LogP contribution is 2.38. The van der Waals surface area contributed by atoms with Crippen LogP contribution in [0.15, 0.2) is 109 Å². The van der Waals surface area contributed by atoms with Gasteiger partial charge in [-0.25, -0.2) is 0 Å². The van der Waals surface area contributed by atoms with E-state index in [0.717, 1.165) is 35.3 Å². The minimum atomic E-state index is -0.842. The molecule has 0 saturated carbocycles. The number of aliphatic carboxylic acids is 1. The lowest BCUT2D eigenvalue weighted by atomic mass is 9.99. The molecule has 0 radical (unpaired) electrons. The first-order valence-electron chi connectivity index (χ1n) is 16.3. The molecule has 5 rings (SSSR count). The van der Waals surface area contributed by atoms with Crippen molar-refractivity contribution >= 4 is 11.9 Å². The predicted octanol–water partition coefficient (Wildman–Crippen LogP) is 6.69. The molecule has 246 valence electrons. The van der Waals surface area contributed by atoms with Crippen molar-refractivity contribution < 1.29 is 29.3 Å². The minimum Gasteiger partial charge on any atom is -0.481 e. The van der Waals surface area contributed by atoms with Crippen LogP contribution in [-0.2, 0) is 45.3 Å². The number of benzene rings is 4. The van der Waals surface area contributed by atoms with E-state index >= 15 is 0 Å². The zero-order chi connectivity index (χ0) is 32.8. The van der Waals surface area contributed by atoms with Crippen LogP contribution in [0.4, 0.5) is 0 Å². The van der Waals surface area contributed by atoms with Crippen molar-refractivity contribution in [3.8, 4) is 0 Å². The first-order valence-corrected chi connectivity index (χ1v) is 16.3. The normalized spacial score (nSPS) is 17.8. The monoisotopic (exact) mass is 636 g/mol. The molecule has 8 heteroatoms. The number of carboxylic acids is 1. The Hall–Kier alpha value is -4.34. The molecule has 1 aliphatic heterocycles. The molecule has 0 aromatic heterocycles. The Morgan fingerprint density at radius 2 is 1.28 bits per heavy atom. The van der Waals surface area contributed by atoms with Crippen LogP contribution in [0.2, 0.25) is 0 Å². The minimum absolute atomic E-state index is 0.00831. The van der Waals surface area contributed by atoms with Crippen LogP contribution in [0.1, 0.15) is 77.9 Å². The molecule has 1 heterocycles. The average molecular weight is 637 g/mol. The van der Waals surface area contributed by atoms with Gasteiger partial charge in [-0.1, -0.05) is 109 Å². The number of amides is 1. The van der Waals surface area contributed by atoms with Crippen molar-refractivity contribution in [2.24, 2.45) is 0 Å². The maximum absolute atomic E-state index is 12.2. The van der Waals surface area contributed by atoms with Gasteiger partial charge < -0.3 is 25.0 Å². The van der Waals surface area contributed by atoms with Crippen LogP contribution in [0, 0.1) is 0 Å². The molecule has 0 bridgehead atoms. The van der Waals surface area contributed by atoms with Gasteiger partial charge in [-0.15, -0.1) is 0 Å². The van der Waals surface area contributed by atoms with E-state index in [1.165, 1.54) is 11.1 Å². The molecule has 4 aromatic rings.